The molecule has 2 heterocycles. The van der Waals surface area contributed by atoms with Crippen LogP contribution in [-0.4, -0.2) is 33.6 Å². The zero-order valence-corrected chi connectivity index (χ0v) is 20.6. The van der Waals surface area contributed by atoms with Gasteiger partial charge in [-0.3, -0.25) is 9.69 Å². The van der Waals surface area contributed by atoms with Crippen LogP contribution in [0.5, 0.6) is 5.75 Å². The molecule has 2 atom stereocenters. The zero-order chi connectivity index (χ0) is 25.1. The van der Waals surface area contributed by atoms with E-state index in [0.29, 0.717) is 31.2 Å². The lowest BCUT2D eigenvalue weighted by Crippen LogP contribution is -2.44. The third-order valence-electron chi connectivity index (χ3n) is 6.79. The molecular formula is C30H30N2O4. The molecule has 3 aromatic carbocycles. The van der Waals surface area contributed by atoms with E-state index in [4.69, 9.17) is 9.15 Å². The van der Waals surface area contributed by atoms with Crippen LogP contribution in [0, 0.1) is 6.92 Å². The Morgan fingerprint density at radius 2 is 1.81 bits per heavy atom. The number of benzene rings is 3. The molecular weight excluding hydrogens is 452 g/mol. The van der Waals surface area contributed by atoms with E-state index in [1.54, 1.807) is 0 Å². The Morgan fingerprint density at radius 1 is 1.08 bits per heavy atom. The quantitative estimate of drug-likeness (QED) is 0.340. The van der Waals surface area contributed by atoms with Crippen LogP contribution in [0.15, 0.2) is 83.3 Å². The number of fused-ring (bicyclic) bond motifs is 1. The lowest BCUT2D eigenvalue weighted by molar-refractivity contribution is -0.145. The first-order valence-corrected chi connectivity index (χ1v) is 12.3. The van der Waals surface area contributed by atoms with Crippen LogP contribution in [-0.2, 0) is 24.2 Å². The van der Waals surface area contributed by atoms with Crippen LogP contribution in [0.2, 0.25) is 0 Å². The van der Waals surface area contributed by atoms with Gasteiger partial charge in [0.2, 0.25) is 5.89 Å². The molecule has 0 aliphatic carbocycles. The van der Waals surface area contributed by atoms with Crippen molar-refractivity contribution in [1.29, 1.82) is 0 Å². The molecule has 0 radical (unpaired) electrons. The first-order chi connectivity index (χ1) is 17.5. The van der Waals surface area contributed by atoms with Gasteiger partial charge in [0.05, 0.1) is 12.3 Å². The van der Waals surface area contributed by atoms with Gasteiger partial charge in [-0.25, -0.2) is 4.98 Å². The summed E-state index contributed by atoms with van der Waals surface area (Å²) in [7, 11) is 0. The number of carboxylic acid groups (broad SMARTS) is 1. The number of hydrogen-bond acceptors (Lipinski definition) is 5. The topological polar surface area (TPSA) is 75.8 Å². The van der Waals surface area contributed by atoms with E-state index in [2.05, 4.69) is 16.8 Å². The number of carboxylic acids is 1. The second-order valence-electron chi connectivity index (χ2n) is 9.30. The lowest BCUT2D eigenvalue weighted by atomic mass is 9.88. The summed E-state index contributed by atoms with van der Waals surface area (Å²) >= 11 is 0. The molecule has 0 saturated carbocycles. The molecule has 184 valence electrons. The molecule has 36 heavy (non-hydrogen) atoms. The molecule has 1 aromatic heterocycles. The number of aliphatic carboxylic acids is 1. The number of rotatable bonds is 8. The Balaban J connectivity index is 1.30. The SMILES string of the molecule is Cc1oc(-c2ccccc2)nc1CCOc1ccc2c(c1)C(C(=O)O)N(Cc1ccccc1)[C@@H](C)C2. The van der Waals surface area contributed by atoms with Gasteiger partial charge in [-0.2, -0.15) is 0 Å². The summed E-state index contributed by atoms with van der Waals surface area (Å²) in [6.45, 7) is 5.00. The van der Waals surface area contributed by atoms with E-state index in [9.17, 15) is 9.90 Å². The largest absolute Gasteiger partial charge is 0.493 e. The highest BCUT2D eigenvalue weighted by molar-refractivity contribution is 5.77. The number of aryl methyl sites for hydroxylation is 1. The molecule has 1 aliphatic heterocycles. The number of carbonyl (C=O) groups is 1. The van der Waals surface area contributed by atoms with Gasteiger partial charge < -0.3 is 14.3 Å². The summed E-state index contributed by atoms with van der Waals surface area (Å²) in [6.07, 6.45) is 1.39. The van der Waals surface area contributed by atoms with E-state index in [0.717, 1.165) is 40.1 Å². The van der Waals surface area contributed by atoms with Crippen LogP contribution in [0.4, 0.5) is 0 Å². The van der Waals surface area contributed by atoms with Crippen LogP contribution >= 0.6 is 0 Å². The molecule has 1 N–H and O–H groups in total. The third-order valence-corrected chi connectivity index (χ3v) is 6.79. The number of nitrogens with zero attached hydrogens (tertiary/aromatic N) is 2. The number of aromatic nitrogens is 1. The molecule has 0 spiro atoms. The van der Waals surface area contributed by atoms with Crippen molar-refractivity contribution in [3.05, 3.63) is 107 Å². The van der Waals surface area contributed by atoms with Gasteiger partial charge >= 0.3 is 5.97 Å². The monoisotopic (exact) mass is 482 g/mol. The van der Waals surface area contributed by atoms with Crippen LogP contribution in [0.1, 0.15) is 41.1 Å². The predicted molar refractivity (Wildman–Crippen MR) is 138 cm³/mol. The fourth-order valence-corrected chi connectivity index (χ4v) is 4.92. The van der Waals surface area contributed by atoms with Gasteiger partial charge in [-0.15, -0.1) is 0 Å². The minimum Gasteiger partial charge on any atom is -0.493 e. The highest BCUT2D eigenvalue weighted by atomic mass is 16.5. The first kappa shape index (κ1) is 23.8. The summed E-state index contributed by atoms with van der Waals surface area (Å²) in [6, 6.07) is 25.1. The average molecular weight is 483 g/mol. The smallest absolute Gasteiger partial charge is 0.325 e. The number of hydrogen-bond donors (Lipinski definition) is 1. The summed E-state index contributed by atoms with van der Waals surface area (Å²) in [5.41, 5.74) is 4.77. The van der Waals surface area contributed by atoms with Crippen LogP contribution in [0.3, 0.4) is 0 Å². The molecule has 6 heteroatoms. The second kappa shape index (κ2) is 10.4. The summed E-state index contributed by atoms with van der Waals surface area (Å²) in [4.78, 5) is 19.1. The Kier molecular flexibility index (Phi) is 6.87. The fraction of sp³-hybridized carbons (Fsp3) is 0.267. The fourth-order valence-electron chi connectivity index (χ4n) is 4.92. The average Bonchev–Trinajstić information content (AvgIpc) is 3.26. The lowest BCUT2D eigenvalue weighted by Gasteiger charge is -2.40. The van der Waals surface area contributed by atoms with Crippen molar-refractivity contribution in [3.8, 4) is 17.2 Å². The van der Waals surface area contributed by atoms with E-state index >= 15 is 0 Å². The van der Waals surface area contributed by atoms with E-state index < -0.39 is 12.0 Å². The predicted octanol–water partition coefficient (Wildman–Crippen LogP) is 5.84. The van der Waals surface area contributed by atoms with Crippen molar-refractivity contribution in [3.63, 3.8) is 0 Å². The van der Waals surface area contributed by atoms with Crippen molar-refractivity contribution in [2.24, 2.45) is 0 Å². The maximum Gasteiger partial charge on any atom is 0.325 e. The Morgan fingerprint density at radius 3 is 2.53 bits per heavy atom. The molecule has 1 unspecified atom stereocenters. The Hall–Kier alpha value is -3.90. The van der Waals surface area contributed by atoms with E-state index in [-0.39, 0.29) is 6.04 Å². The van der Waals surface area contributed by atoms with Gasteiger partial charge in [-0.1, -0.05) is 54.6 Å². The Bertz CT molecular complexity index is 1330. The van der Waals surface area contributed by atoms with Gasteiger partial charge in [0.25, 0.3) is 0 Å². The number of ether oxygens (including phenoxy) is 1. The van der Waals surface area contributed by atoms with Crippen molar-refractivity contribution in [1.82, 2.24) is 9.88 Å². The second-order valence-corrected chi connectivity index (χ2v) is 9.30. The summed E-state index contributed by atoms with van der Waals surface area (Å²) in [5.74, 6) is 1.20. The third kappa shape index (κ3) is 5.04. The van der Waals surface area contributed by atoms with Gasteiger partial charge in [0.15, 0.2) is 0 Å². The summed E-state index contributed by atoms with van der Waals surface area (Å²) in [5, 5.41) is 10.2. The van der Waals surface area contributed by atoms with E-state index in [1.807, 2.05) is 85.8 Å². The molecule has 1 aliphatic rings. The van der Waals surface area contributed by atoms with Gasteiger partial charge in [0.1, 0.15) is 17.6 Å². The highest BCUT2D eigenvalue weighted by Crippen LogP contribution is 2.36. The van der Waals surface area contributed by atoms with Crippen molar-refractivity contribution < 1.29 is 19.1 Å². The molecule has 5 rings (SSSR count). The normalized spacial score (nSPS) is 17.5. The Labute approximate surface area is 211 Å². The molecule has 0 amide bonds. The van der Waals surface area contributed by atoms with Gasteiger partial charge in [-0.05, 0) is 61.2 Å². The molecule has 0 fully saturated rings. The standard InChI is InChI=1S/C30H30N2O4/c1-20-17-24-13-14-25(18-26(24)28(30(33)34)32(20)19-22-9-5-3-6-10-22)35-16-15-27-21(2)36-29(31-27)23-11-7-4-8-12-23/h3-14,18,20,28H,15-17,19H2,1-2H3,(H,33,34)/t20-,28?/m0/s1. The van der Waals surface area contributed by atoms with Crippen LogP contribution in [0.25, 0.3) is 11.5 Å². The van der Waals surface area contributed by atoms with Crippen molar-refractivity contribution in [2.45, 2.75) is 45.3 Å². The van der Waals surface area contributed by atoms with E-state index in [1.165, 1.54) is 0 Å². The first-order valence-electron chi connectivity index (χ1n) is 12.3. The summed E-state index contributed by atoms with van der Waals surface area (Å²) < 4.78 is 11.9. The molecule has 4 aromatic rings. The van der Waals surface area contributed by atoms with Crippen LogP contribution < -0.4 is 4.74 Å². The molecule has 0 saturated heterocycles. The zero-order valence-electron chi connectivity index (χ0n) is 20.6. The molecule has 0 bridgehead atoms. The molecule has 6 nitrogen and oxygen atoms in total. The number of oxazole rings is 1. The minimum absolute atomic E-state index is 0.111. The minimum atomic E-state index is -0.845. The maximum absolute atomic E-state index is 12.4. The van der Waals surface area contributed by atoms with Crippen molar-refractivity contribution >= 4 is 5.97 Å². The van der Waals surface area contributed by atoms with Gasteiger partial charge in [0, 0.05) is 24.6 Å². The highest BCUT2D eigenvalue weighted by Gasteiger charge is 2.37. The van der Waals surface area contributed by atoms with Crippen molar-refractivity contribution in [2.75, 3.05) is 6.61 Å². The maximum atomic E-state index is 12.4.